The van der Waals surface area contributed by atoms with Crippen molar-refractivity contribution in [3.8, 4) is 0 Å². The fraction of sp³-hybridized carbons (Fsp3) is 0.607. The smallest absolute Gasteiger partial charge is 0.225 e. The third kappa shape index (κ3) is 5.42. The third-order valence-electron chi connectivity index (χ3n) is 8.42. The minimum absolute atomic E-state index is 0.0567. The molecule has 3 aliphatic rings. The molecule has 0 saturated carbocycles. The zero-order chi connectivity index (χ0) is 26.1. The van der Waals surface area contributed by atoms with E-state index in [1.165, 1.54) is 24.8 Å². The van der Waals surface area contributed by atoms with Crippen molar-refractivity contribution in [3.63, 3.8) is 0 Å². The lowest BCUT2D eigenvalue weighted by molar-refractivity contribution is -0.132. The van der Waals surface area contributed by atoms with Crippen LogP contribution in [0.4, 0.5) is 8.78 Å². The zero-order valence-corrected chi connectivity index (χ0v) is 21.8. The van der Waals surface area contributed by atoms with Crippen LogP contribution < -0.4 is 5.32 Å². The van der Waals surface area contributed by atoms with Crippen molar-refractivity contribution in [1.82, 2.24) is 24.7 Å². The summed E-state index contributed by atoms with van der Waals surface area (Å²) in [5.41, 5.74) is 2.99. The summed E-state index contributed by atoms with van der Waals surface area (Å²) in [5.74, 6) is 0.464. The number of hydrogen-bond donors (Lipinski definition) is 1. The van der Waals surface area contributed by atoms with Crippen molar-refractivity contribution in [2.45, 2.75) is 89.5 Å². The van der Waals surface area contributed by atoms with Crippen molar-refractivity contribution in [1.29, 1.82) is 0 Å². The molecule has 5 rings (SSSR count). The van der Waals surface area contributed by atoms with E-state index in [0.717, 1.165) is 62.2 Å². The van der Waals surface area contributed by atoms with Crippen LogP contribution in [0.15, 0.2) is 24.3 Å². The van der Waals surface area contributed by atoms with E-state index in [0.29, 0.717) is 31.2 Å². The molecule has 2 saturated heterocycles. The molecule has 0 aliphatic carbocycles. The predicted octanol–water partition coefficient (Wildman–Crippen LogP) is 4.01. The number of fused-ring (bicyclic) bond motifs is 3. The summed E-state index contributed by atoms with van der Waals surface area (Å²) in [7, 11) is 0. The highest BCUT2D eigenvalue weighted by Crippen LogP contribution is 2.43. The Kier molecular flexibility index (Phi) is 7.60. The van der Waals surface area contributed by atoms with Gasteiger partial charge in [0.2, 0.25) is 11.8 Å². The first kappa shape index (κ1) is 25.8. The molecule has 1 aromatic heterocycles. The Labute approximate surface area is 217 Å². The number of hydrogen-bond acceptors (Lipinski definition) is 4. The lowest BCUT2D eigenvalue weighted by atomic mass is 9.94. The molecule has 1 aromatic carbocycles. The molecule has 2 bridgehead atoms. The van der Waals surface area contributed by atoms with Crippen molar-refractivity contribution in [3.05, 3.63) is 52.9 Å². The first-order chi connectivity index (χ1) is 17.8. The first-order valence-corrected chi connectivity index (χ1v) is 13.5. The minimum atomic E-state index is -0.620. The number of amides is 2. The number of benzene rings is 1. The molecule has 4 atom stereocenters. The van der Waals surface area contributed by atoms with Gasteiger partial charge in [-0.1, -0.05) is 12.1 Å². The van der Waals surface area contributed by atoms with Gasteiger partial charge in [-0.2, -0.15) is 0 Å². The molecule has 3 aliphatic heterocycles. The van der Waals surface area contributed by atoms with Crippen LogP contribution in [0.25, 0.3) is 0 Å². The maximum absolute atomic E-state index is 13.9. The summed E-state index contributed by atoms with van der Waals surface area (Å²) in [6.45, 7) is 4.88. The molecule has 2 fully saturated rings. The summed E-state index contributed by atoms with van der Waals surface area (Å²) in [6, 6.07) is 7.62. The highest BCUT2D eigenvalue weighted by atomic mass is 19.1. The van der Waals surface area contributed by atoms with Crippen LogP contribution >= 0.6 is 0 Å². The Morgan fingerprint density at radius 3 is 2.62 bits per heavy atom. The molecule has 0 radical (unpaired) electrons. The number of imidazole rings is 1. The van der Waals surface area contributed by atoms with Crippen molar-refractivity contribution >= 4 is 11.8 Å². The Hall–Kier alpha value is -2.81. The standard InChI is InChI=1S/C28H37F2N5O2/c1-18-31-26-17-33(28(37)8-11-29)12-10-27(26)35(18)24-15-22-6-7-23(16-24)34(22)13-9-25(32-19(2)36)20-4-3-5-21(30)14-20/h3-5,14,22-25H,6-13,15-17H2,1-2H3,(H,32,36)/t22-,23+,24+,25-/m0/s1. The number of halogens is 2. The van der Waals surface area contributed by atoms with E-state index in [1.807, 2.05) is 6.07 Å². The van der Waals surface area contributed by atoms with Crippen LogP contribution in [0, 0.1) is 12.7 Å². The van der Waals surface area contributed by atoms with E-state index >= 15 is 0 Å². The molecule has 200 valence electrons. The molecular weight excluding hydrogens is 476 g/mol. The minimum Gasteiger partial charge on any atom is -0.349 e. The summed E-state index contributed by atoms with van der Waals surface area (Å²) in [5, 5.41) is 3.01. The van der Waals surface area contributed by atoms with Gasteiger partial charge in [0.05, 0.1) is 31.4 Å². The number of nitrogens with zero attached hydrogens (tertiary/aromatic N) is 4. The molecule has 0 unspecified atom stereocenters. The SMILES string of the molecule is CC(=O)N[C@@H](CCN1[C@@H]2CC[C@H]1C[C@@H](n1c(C)nc3c1CCN(C(=O)CCF)C3)C2)c1cccc(F)c1. The van der Waals surface area contributed by atoms with Crippen LogP contribution in [0.1, 0.15) is 80.3 Å². The monoisotopic (exact) mass is 513 g/mol. The molecule has 1 N–H and O–H groups in total. The lowest BCUT2D eigenvalue weighted by Crippen LogP contribution is -2.45. The van der Waals surface area contributed by atoms with Gasteiger partial charge in [-0.3, -0.25) is 18.9 Å². The number of carbonyl (C=O) groups is 2. The molecule has 2 amide bonds. The quantitative estimate of drug-likeness (QED) is 0.579. The van der Waals surface area contributed by atoms with Crippen molar-refractivity contribution in [2.24, 2.45) is 0 Å². The Balaban J connectivity index is 1.26. The fourth-order valence-corrected chi connectivity index (χ4v) is 6.87. The number of piperidine rings is 1. The third-order valence-corrected chi connectivity index (χ3v) is 8.42. The second-order valence-electron chi connectivity index (χ2n) is 10.8. The van der Waals surface area contributed by atoms with Gasteiger partial charge < -0.3 is 14.8 Å². The highest BCUT2D eigenvalue weighted by molar-refractivity contribution is 5.76. The van der Waals surface area contributed by atoms with Crippen LogP contribution in [0.5, 0.6) is 0 Å². The Morgan fingerprint density at radius 1 is 1.19 bits per heavy atom. The van der Waals surface area contributed by atoms with Gasteiger partial charge in [-0.05, 0) is 56.7 Å². The van der Waals surface area contributed by atoms with E-state index in [9.17, 15) is 18.4 Å². The van der Waals surface area contributed by atoms with Crippen LogP contribution in [-0.2, 0) is 22.6 Å². The molecule has 9 heteroatoms. The van der Waals surface area contributed by atoms with Crippen molar-refractivity contribution in [2.75, 3.05) is 19.8 Å². The number of aryl methyl sites for hydroxylation is 1. The molecule has 2 aromatic rings. The van der Waals surface area contributed by atoms with E-state index in [4.69, 9.17) is 4.98 Å². The first-order valence-electron chi connectivity index (χ1n) is 13.5. The second-order valence-corrected chi connectivity index (χ2v) is 10.8. The van der Waals surface area contributed by atoms with E-state index in [1.54, 1.807) is 11.0 Å². The van der Waals surface area contributed by atoms with Gasteiger partial charge in [-0.15, -0.1) is 0 Å². The van der Waals surface area contributed by atoms with E-state index in [2.05, 4.69) is 21.7 Å². The summed E-state index contributed by atoms with van der Waals surface area (Å²) >= 11 is 0. The van der Waals surface area contributed by atoms with Gasteiger partial charge in [0.15, 0.2) is 0 Å². The predicted molar refractivity (Wildman–Crippen MR) is 136 cm³/mol. The zero-order valence-electron chi connectivity index (χ0n) is 21.8. The summed E-state index contributed by atoms with van der Waals surface area (Å²) in [4.78, 5) is 33.2. The topological polar surface area (TPSA) is 70.5 Å². The highest BCUT2D eigenvalue weighted by Gasteiger charge is 2.42. The molecule has 0 spiro atoms. The summed E-state index contributed by atoms with van der Waals surface area (Å²) in [6.07, 6.45) is 5.86. The number of aromatic nitrogens is 2. The molecule has 4 heterocycles. The second kappa shape index (κ2) is 10.9. The number of rotatable bonds is 8. The maximum Gasteiger partial charge on any atom is 0.225 e. The maximum atomic E-state index is 13.9. The number of alkyl halides is 1. The Bertz CT molecular complexity index is 1140. The molecule has 37 heavy (non-hydrogen) atoms. The lowest BCUT2D eigenvalue weighted by Gasteiger charge is -2.41. The molecule has 7 nitrogen and oxygen atoms in total. The average molecular weight is 514 g/mol. The van der Waals surface area contributed by atoms with Gasteiger partial charge >= 0.3 is 0 Å². The largest absolute Gasteiger partial charge is 0.349 e. The van der Waals surface area contributed by atoms with Crippen LogP contribution in [0.2, 0.25) is 0 Å². The van der Waals surface area contributed by atoms with E-state index in [-0.39, 0.29) is 30.1 Å². The van der Waals surface area contributed by atoms with Crippen molar-refractivity contribution < 1.29 is 18.4 Å². The number of nitrogens with one attached hydrogen (secondary N) is 1. The summed E-state index contributed by atoms with van der Waals surface area (Å²) < 4.78 is 28.9. The van der Waals surface area contributed by atoms with Crippen LogP contribution in [0.3, 0.4) is 0 Å². The van der Waals surface area contributed by atoms with Gasteiger partial charge in [0.1, 0.15) is 11.6 Å². The van der Waals surface area contributed by atoms with Gasteiger partial charge in [0.25, 0.3) is 0 Å². The normalized spacial score (nSPS) is 24.1. The van der Waals surface area contributed by atoms with Gasteiger partial charge in [0, 0.05) is 50.3 Å². The van der Waals surface area contributed by atoms with E-state index < -0.39 is 6.67 Å². The average Bonchev–Trinajstić information content (AvgIpc) is 3.31. The number of carbonyl (C=O) groups excluding carboxylic acids is 2. The van der Waals surface area contributed by atoms with Gasteiger partial charge in [-0.25, -0.2) is 9.37 Å². The molecular formula is C28H37F2N5O2. The Morgan fingerprint density at radius 2 is 1.95 bits per heavy atom. The van der Waals surface area contributed by atoms with Crippen LogP contribution in [-0.4, -0.2) is 63.0 Å². The fourth-order valence-electron chi connectivity index (χ4n) is 6.87.